The summed E-state index contributed by atoms with van der Waals surface area (Å²) in [6.07, 6.45) is -0.320. The van der Waals surface area contributed by atoms with E-state index >= 15 is 0 Å². The van der Waals surface area contributed by atoms with E-state index in [0.717, 1.165) is 5.39 Å². The van der Waals surface area contributed by atoms with Gasteiger partial charge in [0.05, 0.1) is 5.39 Å². The SMILES string of the molecule is CC(C)C[C@@H](NC(=O)OC(C)(C)C)C(=O)Oc1ccc2c(c1)c(=O)oc1ccccc12. The lowest BCUT2D eigenvalue weighted by Gasteiger charge is -2.23. The summed E-state index contributed by atoms with van der Waals surface area (Å²) >= 11 is 0. The number of hydrogen-bond donors (Lipinski definition) is 1. The van der Waals surface area contributed by atoms with E-state index in [0.29, 0.717) is 22.8 Å². The van der Waals surface area contributed by atoms with E-state index < -0.39 is 29.3 Å². The van der Waals surface area contributed by atoms with Gasteiger partial charge in [-0.15, -0.1) is 0 Å². The first kappa shape index (κ1) is 22.3. The number of ether oxygens (including phenoxy) is 2. The highest BCUT2D eigenvalue weighted by Crippen LogP contribution is 2.26. The number of alkyl carbamates (subject to hydrolysis) is 1. The number of fused-ring (bicyclic) bond motifs is 3. The Labute approximate surface area is 180 Å². The average molecular weight is 425 g/mol. The number of carbonyl (C=O) groups is 2. The van der Waals surface area contributed by atoms with Crippen LogP contribution >= 0.6 is 0 Å². The minimum Gasteiger partial charge on any atom is -0.444 e. The largest absolute Gasteiger partial charge is 0.444 e. The predicted molar refractivity (Wildman–Crippen MR) is 118 cm³/mol. The zero-order chi connectivity index (χ0) is 22.8. The van der Waals surface area contributed by atoms with Gasteiger partial charge in [0.1, 0.15) is 23.0 Å². The molecule has 0 spiro atoms. The number of para-hydroxylation sites is 1. The number of carbonyl (C=O) groups excluding carboxylic acids is 2. The topological polar surface area (TPSA) is 94.8 Å². The van der Waals surface area contributed by atoms with Gasteiger partial charge >= 0.3 is 17.7 Å². The minimum absolute atomic E-state index is 0.127. The first-order chi connectivity index (χ1) is 14.5. The smallest absolute Gasteiger partial charge is 0.408 e. The molecule has 164 valence electrons. The van der Waals surface area contributed by atoms with E-state index in [-0.39, 0.29) is 11.7 Å². The van der Waals surface area contributed by atoms with Gasteiger partial charge in [-0.1, -0.05) is 32.0 Å². The van der Waals surface area contributed by atoms with Crippen LogP contribution in [0.3, 0.4) is 0 Å². The standard InChI is InChI=1S/C24H27NO6/c1-14(2)12-19(25-23(28)31-24(3,4)5)22(27)29-15-10-11-16-17-8-6-7-9-20(17)30-21(26)18(16)13-15/h6-11,13-14,19H,12H2,1-5H3,(H,25,28)/t19-/m1/s1. The van der Waals surface area contributed by atoms with Crippen molar-refractivity contribution in [3.63, 3.8) is 0 Å². The zero-order valence-corrected chi connectivity index (χ0v) is 18.4. The van der Waals surface area contributed by atoms with E-state index in [1.807, 2.05) is 26.0 Å². The molecule has 3 aromatic rings. The molecule has 0 aliphatic heterocycles. The third-order valence-electron chi connectivity index (χ3n) is 4.49. The van der Waals surface area contributed by atoms with Crippen LogP contribution in [0.4, 0.5) is 4.79 Å². The predicted octanol–water partition coefficient (Wildman–Crippen LogP) is 4.79. The fraction of sp³-hybridized carbons (Fsp3) is 0.375. The van der Waals surface area contributed by atoms with Crippen LogP contribution in [0, 0.1) is 5.92 Å². The van der Waals surface area contributed by atoms with E-state index in [9.17, 15) is 14.4 Å². The molecule has 0 aliphatic rings. The van der Waals surface area contributed by atoms with Gasteiger partial charge in [0, 0.05) is 10.8 Å². The van der Waals surface area contributed by atoms with Gasteiger partial charge in [-0.25, -0.2) is 14.4 Å². The molecule has 0 bridgehead atoms. The van der Waals surface area contributed by atoms with Crippen LogP contribution in [0.2, 0.25) is 0 Å². The molecule has 0 aliphatic carbocycles. The van der Waals surface area contributed by atoms with Crippen LogP contribution in [0.25, 0.3) is 21.7 Å². The maximum absolute atomic E-state index is 12.8. The Morgan fingerprint density at radius 1 is 1.03 bits per heavy atom. The lowest BCUT2D eigenvalue weighted by atomic mass is 10.0. The molecular weight excluding hydrogens is 398 g/mol. The molecule has 7 nitrogen and oxygen atoms in total. The molecule has 3 rings (SSSR count). The monoisotopic (exact) mass is 425 g/mol. The van der Waals surface area contributed by atoms with E-state index in [1.54, 1.807) is 45.0 Å². The molecule has 1 amide bonds. The third kappa shape index (κ3) is 5.63. The first-order valence-electron chi connectivity index (χ1n) is 10.2. The molecular formula is C24H27NO6. The second-order valence-electron chi connectivity index (χ2n) is 8.84. The molecule has 1 heterocycles. The van der Waals surface area contributed by atoms with Crippen LogP contribution in [-0.2, 0) is 9.53 Å². The Kier molecular flexibility index (Phi) is 6.34. The highest BCUT2D eigenvalue weighted by atomic mass is 16.6. The second-order valence-corrected chi connectivity index (χ2v) is 8.84. The molecule has 1 aromatic heterocycles. The Morgan fingerprint density at radius 3 is 2.42 bits per heavy atom. The molecule has 2 aromatic carbocycles. The Bertz CT molecular complexity index is 1170. The van der Waals surface area contributed by atoms with Crippen LogP contribution in [-0.4, -0.2) is 23.7 Å². The van der Waals surface area contributed by atoms with Gasteiger partial charge in [0.25, 0.3) is 0 Å². The third-order valence-corrected chi connectivity index (χ3v) is 4.49. The highest BCUT2D eigenvalue weighted by Gasteiger charge is 2.27. The van der Waals surface area contributed by atoms with E-state index in [4.69, 9.17) is 13.9 Å². The summed E-state index contributed by atoms with van der Waals surface area (Å²) in [7, 11) is 0. The fourth-order valence-corrected chi connectivity index (χ4v) is 3.25. The van der Waals surface area contributed by atoms with Crippen molar-refractivity contribution in [1.29, 1.82) is 0 Å². The Balaban J connectivity index is 1.85. The first-order valence-corrected chi connectivity index (χ1v) is 10.2. The lowest BCUT2D eigenvalue weighted by Crippen LogP contribution is -2.45. The van der Waals surface area contributed by atoms with Crippen molar-refractivity contribution < 1.29 is 23.5 Å². The molecule has 0 saturated heterocycles. The van der Waals surface area contributed by atoms with Gasteiger partial charge in [0.15, 0.2) is 0 Å². The maximum atomic E-state index is 12.8. The van der Waals surface area contributed by atoms with Crippen molar-refractivity contribution in [2.75, 3.05) is 0 Å². The maximum Gasteiger partial charge on any atom is 0.408 e. The fourth-order valence-electron chi connectivity index (χ4n) is 3.25. The highest BCUT2D eigenvalue weighted by molar-refractivity contribution is 6.04. The van der Waals surface area contributed by atoms with Crippen LogP contribution < -0.4 is 15.7 Å². The van der Waals surface area contributed by atoms with Gasteiger partial charge in [-0.2, -0.15) is 0 Å². The van der Waals surface area contributed by atoms with Crippen molar-refractivity contribution in [3.8, 4) is 5.75 Å². The number of benzene rings is 2. The molecule has 7 heteroatoms. The van der Waals surface area contributed by atoms with Crippen molar-refractivity contribution in [2.45, 2.75) is 52.7 Å². The number of nitrogens with one attached hydrogen (secondary N) is 1. The van der Waals surface area contributed by atoms with Crippen molar-refractivity contribution in [1.82, 2.24) is 5.32 Å². The summed E-state index contributed by atoms with van der Waals surface area (Å²) in [4.78, 5) is 37.4. The van der Waals surface area contributed by atoms with E-state index in [1.165, 1.54) is 6.07 Å². The summed E-state index contributed by atoms with van der Waals surface area (Å²) in [5.74, 6) is -0.314. The normalized spacial score (nSPS) is 12.7. The molecule has 31 heavy (non-hydrogen) atoms. The minimum atomic E-state index is -0.890. The molecule has 1 atom stereocenters. The zero-order valence-electron chi connectivity index (χ0n) is 18.4. The van der Waals surface area contributed by atoms with Crippen molar-refractivity contribution in [2.24, 2.45) is 5.92 Å². The summed E-state index contributed by atoms with van der Waals surface area (Å²) in [6.45, 7) is 9.10. The number of rotatable bonds is 5. The molecule has 0 fully saturated rings. The van der Waals surface area contributed by atoms with Gasteiger partial charge < -0.3 is 19.2 Å². The van der Waals surface area contributed by atoms with Crippen LogP contribution in [0.5, 0.6) is 5.75 Å². The van der Waals surface area contributed by atoms with Crippen LogP contribution in [0.15, 0.2) is 51.7 Å². The number of amides is 1. The van der Waals surface area contributed by atoms with Gasteiger partial charge in [-0.3, -0.25) is 0 Å². The van der Waals surface area contributed by atoms with Gasteiger partial charge in [-0.05, 0) is 57.4 Å². The van der Waals surface area contributed by atoms with E-state index in [2.05, 4.69) is 5.32 Å². The summed E-state index contributed by atoms with van der Waals surface area (Å²) in [6, 6.07) is 11.2. The second kappa shape index (κ2) is 8.79. The molecule has 0 saturated carbocycles. The number of esters is 1. The van der Waals surface area contributed by atoms with Crippen molar-refractivity contribution in [3.05, 3.63) is 52.9 Å². The average Bonchev–Trinajstić information content (AvgIpc) is 2.66. The molecule has 0 radical (unpaired) electrons. The summed E-state index contributed by atoms with van der Waals surface area (Å²) in [5, 5.41) is 4.39. The van der Waals surface area contributed by atoms with Crippen molar-refractivity contribution >= 4 is 33.8 Å². The quantitative estimate of drug-likeness (QED) is 0.273. The molecule has 0 unspecified atom stereocenters. The lowest BCUT2D eigenvalue weighted by molar-refractivity contribution is -0.137. The summed E-state index contributed by atoms with van der Waals surface area (Å²) < 4.78 is 16.1. The number of hydrogen-bond acceptors (Lipinski definition) is 6. The summed E-state index contributed by atoms with van der Waals surface area (Å²) in [5.41, 5.74) is -0.716. The van der Waals surface area contributed by atoms with Gasteiger partial charge in [0.2, 0.25) is 0 Å². The molecule has 1 N–H and O–H groups in total. The Morgan fingerprint density at radius 2 is 1.74 bits per heavy atom. The van der Waals surface area contributed by atoms with Crippen LogP contribution in [0.1, 0.15) is 41.0 Å². The Hall–Kier alpha value is -3.35.